The Hall–Kier alpha value is -1.62. The summed E-state index contributed by atoms with van der Waals surface area (Å²) in [6.07, 6.45) is 1.59. The molecule has 1 unspecified atom stereocenters. The third-order valence-corrected chi connectivity index (χ3v) is 3.40. The van der Waals surface area contributed by atoms with Crippen LogP contribution in [0.2, 0.25) is 0 Å². The lowest BCUT2D eigenvalue weighted by Crippen LogP contribution is -2.38. The number of urea groups is 1. The highest BCUT2D eigenvalue weighted by Gasteiger charge is 2.31. The monoisotopic (exact) mass is 266 g/mol. The number of likely N-dealkylation sites (N-methyl/N-ethyl adjacent to an activating group) is 1. The van der Waals surface area contributed by atoms with Crippen molar-refractivity contribution in [3.63, 3.8) is 0 Å². The Kier molecular flexibility index (Phi) is 4.04. The van der Waals surface area contributed by atoms with Crippen LogP contribution >= 0.6 is 0 Å². The summed E-state index contributed by atoms with van der Waals surface area (Å²) in [5.41, 5.74) is 0.955. The third-order valence-electron chi connectivity index (χ3n) is 3.40. The minimum atomic E-state index is -0.467. The van der Waals surface area contributed by atoms with E-state index in [1.807, 2.05) is 0 Å². The molecular weight excluding hydrogens is 247 g/mol. The molecule has 0 aromatic heterocycles. The Morgan fingerprint density at radius 2 is 2.26 bits per heavy atom. The molecule has 0 aliphatic heterocycles. The van der Waals surface area contributed by atoms with Crippen LogP contribution in [-0.2, 0) is 0 Å². The van der Waals surface area contributed by atoms with E-state index in [0.717, 1.165) is 12.8 Å². The standard InChI is InChI=1S/C14H19FN2O2/c1-9-3-6-11(7-12(9)15)16-14(19)17(2)8-13(18)10-4-5-10/h3,6-7,10,13,18H,4-5,8H2,1-2H3,(H,16,19). The van der Waals surface area contributed by atoms with Gasteiger partial charge in [-0.15, -0.1) is 0 Å². The first-order chi connectivity index (χ1) is 8.97. The van der Waals surface area contributed by atoms with Gasteiger partial charge in [0.1, 0.15) is 5.82 Å². The second kappa shape index (κ2) is 5.57. The SMILES string of the molecule is Cc1ccc(NC(=O)N(C)CC(O)C2CC2)cc1F. The number of carbonyl (C=O) groups excluding carboxylic acids is 1. The number of carbonyl (C=O) groups is 1. The molecule has 2 N–H and O–H groups in total. The Labute approximate surface area is 112 Å². The largest absolute Gasteiger partial charge is 0.391 e. The summed E-state index contributed by atoms with van der Waals surface area (Å²) in [4.78, 5) is 13.3. The van der Waals surface area contributed by atoms with Crippen LogP contribution in [0.4, 0.5) is 14.9 Å². The number of aryl methyl sites for hydroxylation is 1. The Morgan fingerprint density at radius 3 is 2.84 bits per heavy atom. The van der Waals surface area contributed by atoms with Gasteiger partial charge >= 0.3 is 6.03 Å². The molecule has 0 spiro atoms. The normalized spacial score (nSPS) is 16.0. The number of hydrogen-bond acceptors (Lipinski definition) is 2. The van der Waals surface area contributed by atoms with Crippen LogP contribution in [0.3, 0.4) is 0 Å². The van der Waals surface area contributed by atoms with E-state index >= 15 is 0 Å². The molecule has 2 rings (SSSR count). The number of nitrogens with zero attached hydrogens (tertiary/aromatic N) is 1. The summed E-state index contributed by atoms with van der Waals surface area (Å²) in [6.45, 7) is 1.96. The first kappa shape index (κ1) is 13.8. The number of rotatable bonds is 4. The molecule has 1 saturated carbocycles. The Balaban J connectivity index is 1.90. The maximum absolute atomic E-state index is 13.4. The molecule has 19 heavy (non-hydrogen) atoms. The number of benzene rings is 1. The van der Waals surface area contributed by atoms with E-state index in [2.05, 4.69) is 5.32 Å². The van der Waals surface area contributed by atoms with Crippen molar-refractivity contribution in [1.29, 1.82) is 0 Å². The van der Waals surface area contributed by atoms with Crippen LogP contribution < -0.4 is 5.32 Å². The van der Waals surface area contributed by atoms with E-state index in [4.69, 9.17) is 0 Å². The summed E-state index contributed by atoms with van der Waals surface area (Å²) < 4.78 is 13.4. The first-order valence-electron chi connectivity index (χ1n) is 6.43. The number of amides is 2. The van der Waals surface area contributed by atoms with Gasteiger partial charge in [0.15, 0.2) is 0 Å². The van der Waals surface area contributed by atoms with E-state index in [-0.39, 0.29) is 11.8 Å². The lowest BCUT2D eigenvalue weighted by atomic mass is 10.2. The second-order valence-corrected chi connectivity index (χ2v) is 5.18. The van der Waals surface area contributed by atoms with Gasteiger partial charge in [-0.1, -0.05) is 6.07 Å². The van der Waals surface area contributed by atoms with Crippen molar-refractivity contribution in [2.45, 2.75) is 25.9 Å². The molecular formula is C14H19FN2O2. The molecule has 5 heteroatoms. The molecule has 1 fully saturated rings. The van der Waals surface area contributed by atoms with E-state index in [1.165, 1.54) is 11.0 Å². The lowest BCUT2D eigenvalue weighted by molar-refractivity contribution is 0.117. The third kappa shape index (κ3) is 3.67. The molecule has 0 bridgehead atoms. The predicted molar refractivity (Wildman–Crippen MR) is 71.5 cm³/mol. The molecule has 0 radical (unpaired) electrons. The molecule has 2 amide bonds. The van der Waals surface area contributed by atoms with Crippen molar-refractivity contribution < 1.29 is 14.3 Å². The van der Waals surface area contributed by atoms with Crippen molar-refractivity contribution in [2.75, 3.05) is 18.9 Å². The van der Waals surface area contributed by atoms with Gasteiger partial charge in [0.05, 0.1) is 6.10 Å². The minimum absolute atomic E-state index is 0.296. The van der Waals surface area contributed by atoms with Crippen molar-refractivity contribution in [3.05, 3.63) is 29.6 Å². The van der Waals surface area contributed by atoms with Crippen molar-refractivity contribution >= 4 is 11.7 Å². The van der Waals surface area contributed by atoms with Gasteiger partial charge in [-0.25, -0.2) is 9.18 Å². The molecule has 104 valence electrons. The fourth-order valence-electron chi connectivity index (χ4n) is 1.88. The Morgan fingerprint density at radius 1 is 1.58 bits per heavy atom. The number of anilines is 1. The van der Waals surface area contributed by atoms with Gasteiger partial charge in [0.25, 0.3) is 0 Å². The zero-order valence-electron chi connectivity index (χ0n) is 11.2. The van der Waals surface area contributed by atoms with Gasteiger partial charge in [0, 0.05) is 19.3 Å². The topological polar surface area (TPSA) is 52.6 Å². The van der Waals surface area contributed by atoms with E-state index in [0.29, 0.717) is 23.7 Å². The molecule has 0 heterocycles. The average Bonchev–Trinajstić information content (AvgIpc) is 3.17. The maximum atomic E-state index is 13.4. The molecule has 1 atom stereocenters. The summed E-state index contributed by atoms with van der Waals surface area (Å²) in [5, 5.41) is 12.4. The number of nitrogens with one attached hydrogen (secondary N) is 1. The predicted octanol–water partition coefficient (Wildman–Crippen LogP) is 2.37. The van der Waals surface area contributed by atoms with Crippen LogP contribution in [0.5, 0.6) is 0 Å². The van der Waals surface area contributed by atoms with Gasteiger partial charge in [-0.2, -0.15) is 0 Å². The van der Waals surface area contributed by atoms with Gasteiger partial charge < -0.3 is 15.3 Å². The Bertz CT molecular complexity index is 475. The maximum Gasteiger partial charge on any atom is 0.321 e. The number of aliphatic hydroxyl groups is 1. The molecule has 1 aromatic rings. The highest BCUT2D eigenvalue weighted by Crippen LogP contribution is 2.32. The van der Waals surface area contributed by atoms with Crippen molar-refractivity contribution in [1.82, 2.24) is 4.90 Å². The highest BCUT2D eigenvalue weighted by molar-refractivity contribution is 5.89. The lowest BCUT2D eigenvalue weighted by Gasteiger charge is -2.21. The number of aliphatic hydroxyl groups excluding tert-OH is 1. The van der Waals surface area contributed by atoms with Gasteiger partial charge in [-0.05, 0) is 43.4 Å². The van der Waals surface area contributed by atoms with Gasteiger partial charge in [0.2, 0.25) is 0 Å². The first-order valence-corrected chi connectivity index (χ1v) is 6.43. The summed E-state index contributed by atoms with van der Waals surface area (Å²) >= 11 is 0. The molecule has 1 aliphatic carbocycles. The van der Waals surface area contributed by atoms with Crippen LogP contribution in [0.15, 0.2) is 18.2 Å². The summed E-state index contributed by atoms with van der Waals surface area (Å²) in [5.74, 6) is -0.0227. The zero-order valence-corrected chi connectivity index (χ0v) is 11.2. The van der Waals surface area contributed by atoms with Crippen LogP contribution in [0.1, 0.15) is 18.4 Å². The molecule has 1 aromatic carbocycles. The van der Waals surface area contributed by atoms with E-state index in [1.54, 1.807) is 26.1 Å². The zero-order chi connectivity index (χ0) is 14.0. The van der Waals surface area contributed by atoms with E-state index < -0.39 is 6.10 Å². The van der Waals surface area contributed by atoms with Crippen molar-refractivity contribution in [3.8, 4) is 0 Å². The second-order valence-electron chi connectivity index (χ2n) is 5.18. The minimum Gasteiger partial charge on any atom is -0.391 e. The van der Waals surface area contributed by atoms with Crippen LogP contribution in [-0.4, -0.2) is 35.7 Å². The van der Waals surface area contributed by atoms with Crippen LogP contribution in [0, 0.1) is 18.7 Å². The fraction of sp³-hybridized carbons (Fsp3) is 0.500. The van der Waals surface area contributed by atoms with Gasteiger partial charge in [-0.3, -0.25) is 0 Å². The number of hydrogen-bond donors (Lipinski definition) is 2. The molecule has 1 aliphatic rings. The van der Waals surface area contributed by atoms with E-state index in [9.17, 15) is 14.3 Å². The summed E-state index contributed by atoms with van der Waals surface area (Å²) in [6, 6.07) is 4.21. The number of halogens is 1. The quantitative estimate of drug-likeness (QED) is 0.879. The smallest absolute Gasteiger partial charge is 0.321 e. The van der Waals surface area contributed by atoms with Crippen molar-refractivity contribution in [2.24, 2.45) is 5.92 Å². The van der Waals surface area contributed by atoms with Crippen LogP contribution in [0.25, 0.3) is 0 Å². The highest BCUT2D eigenvalue weighted by atomic mass is 19.1. The molecule has 0 saturated heterocycles. The molecule has 4 nitrogen and oxygen atoms in total. The fourth-order valence-corrected chi connectivity index (χ4v) is 1.88. The summed E-state index contributed by atoms with van der Waals surface area (Å²) in [7, 11) is 1.62. The average molecular weight is 266 g/mol.